The van der Waals surface area contributed by atoms with Gasteiger partial charge in [-0.2, -0.15) is 0 Å². The predicted octanol–water partition coefficient (Wildman–Crippen LogP) is 3.84. The Morgan fingerprint density at radius 3 is 1.75 bits per heavy atom. The number of hydrogen-bond donors (Lipinski definition) is 1. The number of nitrogens with one attached hydrogen (secondary N) is 1. The van der Waals surface area contributed by atoms with Crippen LogP contribution >= 0.6 is 0 Å². The molecule has 4 nitrogen and oxygen atoms in total. The molecule has 0 radical (unpaired) electrons. The summed E-state index contributed by atoms with van der Waals surface area (Å²) in [6.07, 6.45) is 2.08. The maximum absolute atomic E-state index is 11.5. The van der Waals surface area contributed by atoms with E-state index in [-0.39, 0.29) is 23.8 Å². The Kier molecular flexibility index (Phi) is 4.76. The lowest BCUT2D eigenvalue weighted by atomic mass is 10.0. The zero-order valence-corrected chi connectivity index (χ0v) is 13.9. The zero-order valence-electron chi connectivity index (χ0n) is 13.9. The molecule has 0 amide bonds. The molecule has 0 aliphatic carbocycles. The Balaban J connectivity index is 1.68. The van der Waals surface area contributed by atoms with Gasteiger partial charge in [0, 0.05) is 17.6 Å². The molecule has 1 fully saturated rings. The normalized spacial score (nSPS) is 19.9. The Hall–Kier alpha value is -2.46. The Morgan fingerprint density at radius 2 is 1.33 bits per heavy atom. The maximum atomic E-state index is 11.5. The highest BCUT2D eigenvalue weighted by molar-refractivity contribution is 5.94. The van der Waals surface area contributed by atoms with Crippen molar-refractivity contribution in [1.82, 2.24) is 5.32 Å². The minimum absolute atomic E-state index is 0.0875. The first-order valence-corrected chi connectivity index (χ1v) is 8.13. The molecule has 3 rings (SSSR count). The summed E-state index contributed by atoms with van der Waals surface area (Å²) >= 11 is 0. The van der Waals surface area contributed by atoms with Gasteiger partial charge in [0.15, 0.2) is 5.78 Å². The Labute approximate surface area is 141 Å². The molecule has 4 heteroatoms. The molecular formula is C20H21NO3. The first-order chi connectivity index (χ1) is 11.6. The summed E-state index contributed by atoms with van der Waals surface area (Å²) in [4.78, 5) is 22.9. The standard InChI is InChI=1S/C20H21NO3/c1-13(22)14-3-5-15(6-4-14)18-11-12-19(21-18)16-7-9-17(10-8-16)20(23)24-2/h3-10,18-19,21H,11-12H2,1-2H3. The molecule has 24 heavy (non-hydrogen) atoms. The van der Waals surface area contributed by atoms with E-state index in [1.807, 2.05) is 36.4 Å². The third-order valence-electron chi connectivity index (χ3n) is 4.60. The van der Waals surface area contributed by atoms with E-state index >= 15 is 0 Å². The average molecular weight is 323 g/mol. The molecule has 2 aromatic carbocycles. The van der Waals surface area contributed by atoms with Gasteiger partial charge in [0.1, 0.15) is 0 Å². The molecule has 1 N–H and O–H groups in total. The van der Waals surface area contributed by atoms with E-state index in [2.05, 4.69) is 5.32 Å². The van der Waals surface area contributed by atoms with E-state index in [4.69, 9.17) is 4.74 Å². The summed E-state index contributed by atoms with van der Waals surface area (Å²) in [5, 5.41) is 3.63. The number of Topliss-reactive ketones (excluding diaryl/α,β-unsaturated/α-hetero) is 1. The lowest BCUT2D eigenvalue weighted by Gasteiger charge is -2.15. The highest BCUT2D eigenvalue weighted by Crippen LogP contribution is 2.34. The second-order valence-corrected chi connectivity index (χ2v) is 6.14. The number of carbonyl (C=O) groups is 2. The molecule has 2 atom stereocenters. The molecule has 0 saturated carbocycles. The van der Waals surface area contributed by atoms with Crippen LogP contribution in [0.1, 0.15) is 63.7 Å². The van der Waals surface area contributed by atoms with Gasteiger partial charge < -0.3 is 10.1 Å². The van der Waals surface area contributed by atoms with Gasteiger partial charge in [-0.3, -0.25) is 4.79 Å². The number of rotatable bonds is 4. The van der Waals surface area contributed by atoms with Crippen molar-refractivity contribution in [3.05, 3.63) is 70.8 Å². The third kappa shape index (κ3) is 3.39. The third-order valence-corrected chi connectivity index (χ3v) is 4.60. The highest BCUT2D eigenvalue weighted by Gasteiger charge is 2.26. The largest absolute Gasteiger partial charge is 0.465 e. The van der Waals surface area contributed by atoms with E-state index < -0.39 is 0 Å². The van der Waals surface area contributed by atoms with Crippen LogP contribution in [0.2, 0.25) is 0 Å². The Morgan fingerprint density at radius 1 is 0.875 bits per heavy atom. The van der Waals surface area contributed by atoms with Gasteiger partial charge in [-0.1, -0.05) is 36.4 Å². The van der Waals surface area contributed by atoms with Crippen LogP contribution < -0.4 is 5.32 Å². The SMILES string of the molecule is COC(=O)c1ccc(C2CCC(c3ccc(C(C)=O)cc3)N2)cc1. The van der Waals surface area contributed by atoms with Gasteiger partial charge in [-0.05, 0) is 43.0 Å². The van der Waals surface area contributed by atoms with E-state index in [0.717, 1.165) is 18.4 Å². The lowest BCUT2D eigenvalue weighted by molar-refractivity contribution is 0.0600. The van der Waals surface area contributed by atoms with Crippen LogP contribution in [0.5, 0.6) is 0 Å². The fourth-order valence-corrected chi connectivity index (χ4v) is 3.19. The molecule has 0 bridgehead atoms. The van der Waals surface area contributed by atoms with Crippen molar-refractivity contribution in [2.24, 2.45) is 0 Å². The molecule has 1 saturated heterocycles. The van der Waals surface area contributed by atoms with Crippen LogP contribution in [-0.4, -0.2) is 18.9 Å². The summed E-state index contributed by atoms with van der Waals surface area (Å²) in [5.41, 5.74) is 3.68. The van der Waals surface area contributed by atoms with Crippen molar-refractivity contribution in [3.63, 3.8) is 0 Å². The summed E-state index contributed by atoms with van der Waals surface area (Å²) < 4.78 is 4.72. The monoisotopic (exact) mass is 323 g/mol. The Bertz CT molecular complexity index is 734. The maximum Gasteiger partial charge on any atom is 0.337 e. The van der Waals surface area contributed by atoms with Gasteiger partial charge in [-0.25, -0.2) is 4.79 Å². The summed E-state index contributed by atoms with van der Waals surface area (Å²) in [6, 6.07) is 15.9. The second kappa shape index (κ2) is 6.97. The summed E-state index contributed by atoms with van der Waals surface area (Å²) in [7, 11) is 1.39. The number of carbonyl (C=O) groups excluding carboxylic acids is 2. The van der Waals surface area contributed by atoms with Gasteiger partial charge >= 0.3 is 5.97 Å². The predicted molar refractivity (Wildman–Crippen MR) is 92.1 cm³/mol. The number of benzene rings is 2. The average Bonchev–Trinajstić information content (AvgIpc) is 3.11. The second-order valence-electron chi connectivity index (χ2n) is 6.14. The topological polar surface area (TPSA) is 55.4 Å². The first kappa shape index (κ1) is 16.4. The van der Waals surface area contributed by atoms with E-state index in [1.54, 1.807) is 19.1 Å². The van der Waals surface area contributed by atoms with Crippen LogP contribution in [0, 0.1) is 0 Å². The minimum Gasteiger partial charge on any atom is -0.465 e. The molecule has 124 valence electrons. The van der Waals surface area contributed by atoms with Crippen molar-refractivity contribution in [2.75, 3.05) is 7.11 Å². The summed E-state index contributed by atoms with van der Waals surface area (Å²) in [5.74, 6) is -0.228. The minimum atomic E-state index is -0.315. The van der Waals surface area contributed by atoms with Crippen molar-refractivity contribution in [1.29, 1.82) is 0 Å². The molecule has 0 spiro atoms. The van der Waals surface area contributed by atoms with Gasteiger partial charge in [0.25, 0.3) is 0 Å². The van der Waals surface area contributed by atoms with E-state index in [0.29, 0.717) is 5.56 Å². The smallest absolute Gasteiger partial charge is 0.337 e. The van der Waals surface area contributed by atoms with Crippen LogP contribution in [0.3, 0.4) is 0 Å². The number of hydrogen-bond acceptors (Lipinski definition) is 4. The van der Waals surface area contributed by atoms with Crippen molar-refractivity contribution in [2.45, 2.75) is 31.8 Å². The molecule has 1 heterocycles. The fourth-order valence-electron chi connectivity index (χ4n) is 3.19. The van der Waals surface area contributed by atoms with Gasteiger partial charge in [0.2, 0.25) is 0 Å². The molecule has 2 unspecified atom stereocenters. The molecule has 0 aromatic heterocycles. The molecule has 1 aliphatic rings. The molecule has 2 aromatic rings. The van der Waals surface area contributed by atoms with Gasteiger partial charge in [0.05, 0.1) is 12.7 Å². The lowest BCUT2D eigenvalue weighted by Crippen LogP contribution is -2.17. The van der Waals surface area contributed by atoms with Crippen LogP contribution in [0.4, 0.5) is 0 Å². The van der Waals surface area contributed by atoms with Crippen LogP contribution in [0.25, 0.3) is 0 Å². The van der Waals surface area contributed by atoms with Crippen molar-refractivity contribution in [3.8, 4) is 0 Å². The highest BCUT2D eigenvalue weighted by atomic mass is 16.5. The molecular weight excluding hydrogens is 302 g/mol. The van der Waals surface area contributed by atoms with E-state index in [9.17, 15) is 9.59 Å². The van der Waals surface area contributed by atoms with Gasteiger partial charge in [-0.15, -0.1) is 0 Å². The van der Waals surface area contributed by atoms with E-state index in [1.165, 1.54) is 18.2 Å². The quantitative estimate of drug-likeness (QED) is 0.686. The van der Waals surface area contributed by atoms with Crippen LogP contribution in [-0.2, 0) is 4.74 Å². The van der Waals surface area contributed by atoms with Crippen molar-refractivity contribution >= 4 is 11.8 Å². The number of ketones is 1. The zero-order chi connectivity index (χ0) is 17.1. The van der Waals surface area contributed by atoms with Crippen LogP contribution in [0.15, 0.2) is 48.5 Å². The number of ether oxygens (including phenoxy) is 1. The summed E-state index contributed by atoms with van der Waals surface area (Å²) in [6.45, 7) is 1.58. The number of esters is 1. The van der Waals surface area contributed by atoms with Crippen molar-refractivity contribution < 1.29 is 14.3 Å². The number of methoxy groups -OCH3 is 1. The molecule has 1 aliphatic heterocycles. The fraction of sp³-hybridized carbons (Fsp3) is 0.300. The first-order valence-electron chi connectivity index (χ1n) is 8.13.